The van der Waals surface area contributed by atoms with E-state index in [4.69, 9.17) is 16.6 Å². The van der Waals surface area contributed by atoms with Crippen molar-refractivity contribution in [1.29, 1.82) is 0 Å². The molecule has 0 unspecified atom stereocenters. The van der Waals surface area contributed by atoms with Crippen LogP contribution in [-0.2, 0) is 9.59 Å². The van der Waals surface area contributed by atoms with Crippen molar-refractivity contribution in [1.82, 2.24) is 19.4 Å². The monoisotopic (exact) mass is 644 g/mol. The van der Waals surface area contributed by atoms with Crippen molar-refractivity contribution in [3.8, 4) is 16.9 Å². The number of amides is 2. The van der Waals surface area contributed by atoms with Crippen molar-refractivity contribution in [2.24, 2.45) is 0 Å². The summed E-state index contributed by atoms with van der Waals surface area (Å²) in [6.45, 7) is 8.63. The first kappa shape index (κ1) is 29.5. The molecule has 230 valence electrons. The minimum Gasteiger partial charge on any atom is -0.349 e. The maximum Gasteiger partial charge on any atom is 0.355 e. The van der Waals surface area contributed by atoms with Crippen molar-refractivity contribution in [3.63, 3.8) is 0 Å². The number of piperazine rings is 1. The van der Waals surface area contributed by atoms with Gasteiger partial charge in [0.15, 0.2) is 5.65 Å². The van der Waals surface area contributed by atoms with Gasteiger partial charge in [0.25, 0.3) is 0 Å². The van der Waals surface area contributed by atoms with E-state index in [1.807, 2.05) is 32.0 Å². The van der Waals surface area contributed by atoms with Gasteiger partial charge in [-0.3, -0.25) is 9.59 Å². The number of aromatic nitrogens is 3. The fraction of sp³-hybridized carbons (Fsp3) is 0.303. The smallest absolute Gasteiger partial charge is 0.349 e. The van der Waals surface area contributed by atoms with Crippen LogP contribution in [-0.4, -0.2) is 62.2 Å². The summed E-state index contributed by atoms with van der Waals surface area (Å²) in [6.07, 6.45) is 2.22. The number of para-hydroxylation sites is 1. The highest BCUT2D eigenvalue weighted by Gasteiger charge is 2.51. The number of fused-ring (bicyclic) bond motifs is 6. The number of nitrogens with zero attached hydrogens (tertiary/aromatic N) is 5. The number of pyridine rings is 1. The molecule has 12 heteroatoms. The average Bonchev–Trinajstić information content (AvgIpc) is 3.81. The van der Waals surface area contributed by atoms with Crippen LogP contribution in [0.2, 0.25) is 5.02 Å². The molecule has 1 saturated heterocycles. The van der Waals surface area contributed by atoms with Crippen LogP contribution in [0.3, 0.4) is 0 Å². The van der Waals surface area contributed by atoms with Crippen molar-refractivity contribution in [3.05, 3.63) is 82.0 Å². The Balaban J connectivity index is 1.54. The van der Waals surface area contributed by atoms with Gasteiger partial charge in [0.2, 0.25) is 11.8 Å². The van der Waals surface area contributed by atoms with Gasteiger partial charge in [0.1, 0.15) is 11.6 Å². The topological polar surface area (TPSA) is 100 Å². The molecular weight excluding hydrogens is 615 g/mol. The van der Waals surface area contributed by atoms with E-state index in [0.717, 1.165) is 16.9 Å². The molecule has 0 spiro atoms. The van der Waals surface area contributed by atoms with Gasteiger partial charge in [-0.1, -0.05) is 50.2 Å². The minimum atomic E-state index is -0.610. The van der Waals surface area contributed by atoms with Crippen LogP contribution in [0.15, 0.2) is 64.8 Å². The van der Waals surface area contributed by atoms with E-state index >= 15 is 4.39 Å². The van der Waals surface area contributed by atoms with Gasteiger partial charge in [-0.15, -0.1) is 11.8 Å². The molecule has 9 nitrogen and oxygen atoms in total. The number of halogens is 2. The van der Waals surface area contributed by atoms with Gasteiger partial charge in [-0.2, -0.15) is 4.98 Å². The minimum absolute atomic E-state index is 0.0119. The molecule has 2 bridgehead atoms. The Labute approximate surface area is 268 Å². The molecule has 2 aliphatic heterocycles. The predicted molar refractivity (Wildman–Crippen MR) is 175 cm³/mol. The lowest BCUT2D eigenvalue weighted by molar-refractivity contribution is -0.127. The molecule has 1 aliphatic carbocycles. The summed E-state index contributed by atoms with van der Waals surface area (Å²) < 4.78 is 17.1. The third-order valence-corrected chi connectivity index (χ3v) is 9.96. The zero-order valence-electron chi connectivity index (χ0n) is 24.7. The predicted octanol–water partition coefficient (Wildman–Crippen LogP) is 5.77. The highest BCUT2D eigenvalue weighted by Crippen LogP contribution is 2.44. The zero-order valence-corrected chi connectivity index (χ0v) is 26.3. The molecule has 2 fully saturated rings. The zero-order chi connectivity index (χ0) is 31.6. The van der Waals surface area contributed by atoms with Gasteiger partial charge < -0.3 is 15.1 Å². The number of benzene rings is 2. The number of rotatable bonds is 3. The lowest BCUT2D eigenvalue weighted by atomic mass is 10.0. The van der Waals surface area contributed by atoms with E-state index in [-0.39, 0.29) is 63.9 Å². The highest BCUT2D eigenvalue weighted by molar-refractivity contribution is 7.99. The third kappa shape index (κ3) is 4.98. The Kier molecular flexibility index (Phi) is 7.40. The number of hydrogen-bond donors (Lipinski definition) is 1. The summed E-state index contributed by atoms with van der Waals surface area (Å²) in [5.41, 5.74) is 1.66. The molecule has 0 radical (unpaired) electrons. The number of nitrogens with one attached hydrogen (secondary N) is 1. The molecule has 1 saturated carbocycles. The van der Waals surface area contributed by atoms with E-state index < -0.39 is 11.5 Å². The molecule has 2 atom stereocenters. The van der Waals surface area contributed by atoms with E-state index in [2.05, 4.69) is 21.8 Å². The number of thioether (sulfide) groups is 1. The van der Waals surface area contributed by atoms with Crippen molar-refractivity contribution in [2.45, 2.75) is 49.6 Å². The van der Waals surface area contributed by atoms with Crippen LogP contribution in [0.1, 0.15) is 38.2 Å². The van der Waals surface area contributed by atoms with Gasteiger partial charge in [-0.05, 0) is 48.2 Å². The van der Waals surface area contributed by atoms with Crippen molar-refractivity contribution < 1.29 is 14.0 Å². The second-order valence-corrected chi connectivity index (χ2v) is 13.2. The number of carbonyl (C=O) groups excluding carboxylic acids is 2. The summed E-state index contributed by atoms with van der Waals surface area (Å²) in [6, 6.07) is 11.9. The maximum absolute atomic E-state index is 15.6. The molecule has 2 amide bonds. The van der Waals surface area contributed by atoms with Crippen molar-refractivity contribution >= 4 is 57.7 Å². The summed E-state index contributed by atoms with van der Waals surface area (Å²) in [7, 11) is 0. The molecule has 2 aromatic heterocycles. The lowest BCUT2D eigenvalue weighted by Gasteiger charge is -2.35. The number of hydrogen-bond acceptors (Lipinski definition) is 7. The third-order valence-electron chi connectivity index (χ3n) is 8.62. The second kappa shape index (κ2) is 11.3. The van der Waals surface area contributed by atoms with Gasteiger partial charge >= 0.3 is 5.69 Å². The standard InChI is InChI=1S/C33H30ClFN6O3S/c1-4-27(43)39-12-13-40(24-16-23(24)39)31-19-15-20(34)29-28-21(35)8-6-9-22(28)36-26(42)11-14-45-25-10-5-7-18(17(2)3)30(25)41(32(19)37-29)33(44)38-31/h4-10,15,17,23-24H,1,11-14,16H2,2-3H3,(H,36,42)/t23-,24+/m0/s1. The van der Waals surface area contributed by atoms with E-state index in [1.54, 1.807) is 17.0 Å². The molecule has 1 N–H and O–H groups in total. The van der Waals surface area contributed by atoms with Crippen LogP contribution in [0.25, 0.3) is 28.0 Å². The summed E-state index contributed by atoms with van der Waals surface area (Å²) in [5.74, 6) is -0.121. The molecular formula is C33H30ClFN6O3S. The van der Waals surface area contributed by atoms with Crippen LogP contribution in [0, 0.1) is 5.82 Å². The maximum atomic E-state index is 15.6. The molecule has 45 heavy (non-hydrogen) atoms. The molecule has 2 aromatic carbocycles. The Hall–Kier alpha value is -4.22. The van der Waals surface area contributed by atoms with Gasteiger partial charge in [-0.25, -0.2) is 18.7 Å². The first-order chi connectivity index (χ1) is 21.7. The first-order valence-electron chi connectivity index (χ1n) is 14.9. The Morgan fingerprint density at radius 2 is 1.96 bits per heavy atom. The van der Waals surface area contributed by atoms with Crippen LogP contribution < -0.4 is 15.9 Å². The molecule has 7 rings (SSSR count). The first-order valence-corrected chi connectivity index (χ1v) is 16.2. The lowest BCUT2D eigenvalue weighted by Crippen LogP contribution is -2.49. The largest absolute Gasteiger partial charge is 0.355 e. The second-order valence-electron chi connectivity index (χ2n) is 11.7. The van der Waals surface area contributed by atoms with E-state index in [9.17, 15) is 14.4 Å². The molecule has 4 aromatic rings. The fourth-order valence-corrected chi connectivity index (χ4v) is 7.71. The van der Waals surface area contributed by atoms with Crippen LogP contribution in [0.4, 0.5) is 15.9 Å². The number of anilines is 2. The Morgan fingerprint density at radius 1 is 1.16 bits per heavy atom. The summed E-state index contributed by atoms with van der Waals surface area (Å²) in [5, 5.41) is 3.51. The normalized spacial score (nSPS) is 19.2. The van der Waals surface area contributed by atoms with E-state index in [0.29, 0.717) is 35.7 Å². The molecule has 4 heterocycles. The summed E-state index contributed by atoms with van der Waals surface area (Å²) >= 11 is 8.37. The number of carbonyl (C=O) groups is 2. The summed E-state index contributed by atoms with van der Waals surface area (Å²) in [4.78, 5) is 54.0. The van der Waals surface area contributed by atoms with Gasteiger partial charge in [0, 0.05) is 30.2 Å². The highest BCUT2D eigenvalue weighted by atomic mass is 35.5. The Morgan fingerprint density at radius 3 is 2.73 bits per heavy atom. The Bertz CT molecular complexity index is 1980. The van der Waals surface area contributed by atoms with Crippen LogP contribution in [0.5, 0.6) is 0 Å². The quantitative estimate of drug-likeness (QED) is 0.283. The fourth-order valence-electron chi connectivity index (χ4n) is 6.44. The molecule has 3 aliphatic rings. The van der Waals surface area contributed by atoms with Gasteiger partial charge in [0.05, 0.1) is 45.1 Å². The van der Waals surface area contributed by atoms with E-state index in [1.165, 1.54) is 34.5 Å². The SMILES string of the molecule is C=CC(=O)N1CCN(c2nc(=O)n3c4nc(c(Cl)cc24)-c2c(F)cccc2NC(=O)CCSc2cccc(C(C)C)c2-3)[C@@H]2C[C@@H]21. The van der Waals surface area contributed by atoms with Crippen LogP contribution >= 0.6 is 23.4 Å². The van der Waals surface area contributed by atoms with Crippen molar-refractivity contribution in [2.75, 3.05) is 29.1 Å². The average molecular weight is 645 g/mol.